The average molecular weight is 420 g/mol. The van der Waals surface area contributed by atoms with Crippen LogP contribution in [0, 0.1) is 0 Å². The van der Waals surface area contributed by atoms with Crippen molar-refractivity contribution >= 4 is 17.2 Å². The van der Waals surface area contributed by atoms with Crippen molar-refractivity contribution < 1.29 is 4.79 Å². The lowest BCUT2D eigenvalue weighted by atomic mass is 9.99. The largest absolute Gasteiger partial charge is 0.336 e. The zero-order valence-corrected chi connectivity index (χ0v) is 18.4. The molecule has 0 atom stereocenters. The van der Waals surface area contributed by atoms with E-state index in [4.69, 9.17) is 0 Å². The molecule has 1 aromatic heterocycles. The van der Waals surface area contributed by atoms with Crippen LogP contribution in [0.2, 0.25) is 0 Å². The number of amides is 1. The van der Waals surface area contributed by atoms with Gasteiger partial charge in [0.15, 0.2) is 0 Å². The van der Waals surface area contributed by atoms with Crippen LogP contribution in [0.1, 0.15) is 39.1 Å². The average Bonchev–Trinajstić information content (AvgIpc) is 3.26. The van der Waals surface area contributed by atoms with Gasteiger partial charge in [-0.3, -0.25) is 9.69 Å². The topological polar surface area (TPSA) is 36.4 Å². The Morgan fingerprint density at radius 2 is 1.70 bits per heavy atom. The molecule has 1 saturated heterocycles. The molecule has 0 unspecified atom stereocenters. The van der Waals surface area contributed by atoms with Crippen LogP contribution in [-0.4, -0.2) is 46.9 Å². The highest BCUT2D eigenvalue weighted by molar-refractivity contribution is 7.09. The van der Waals surface area contributed by atoms with E-state index in [1.807, 2.05) is 29.2 Å². The van der Waals surface area contributed by atoms with Gasteiger partial charge < -0.3 is 4.90 Å². The molecular formula is C25H29N3OS. The van der Waals surface area contributed by atoms with Gasteiger partial charge in [0.1, 0.15) is 0 Å². The maximum absolute atomic E-state index is 13.2. The van der Waals surface area contributed by atoms with Crippen LogP contribution in [-0.2, 0) is 25.8 Å². The first-order valence-corrected chi connectivity index (χ1v) is 11.7. The second-order valence-corrected chi connectivity index (χ2v) is 8.74. The number of aryl methyl sites for hydroxylation is 3. The van der Waals surface area contributed by atoms with Crippen molar-refractivity contribution in [2.75, 3.05) is 26.2 Å². The molecule has 3 aromatic rings. The zero-order valence-electron chi connectivity index (χ0n) is 17.6. The number of piperazine rings is 1. The number of aromatic nitrogens is 1. The SMILES string of the molecule is CCc1nc(CN2CCN(C(=O)c3ccccc3CCc3ccccc3)CC2)cs1. The minimum absolute atomic E-state index is 0.167. The summed E-state index contributed by atoms with van der Waals surface area (Å²) in [6.07, 6.45) is 2.83. The molecule has 0 spiro atoms. The van der Waals surface area contributed by atoms with Crippen molar-refractivity contribution in [1.29, 1.82) is 0 Å². The first-order chi connectivity index (χ1) is 14.7. The smallest absolute Gasteiger partial charge is 0.254 e. The number of rotatable bonds is 7. The number of hydrogen-bond acceptors (Lipinski definition) is 4. The van der Waals surface area contributed by atoms with Gasteiger partial charge in [0.2, 0.25) is 0 Å². The molecule has 30 heavy (non-hydrogen) atoms. The van der Waals surface area contributed by atoms with E-state index < -0.39 is 0 Å². The van der Waals surface area contributed by atoms with Crippen molar-refractivity contribution in [3.63, 3.8) is 0 Å². The highest BCUT2D eigenvalue weighted by Gasteiger charge is 2.24. The normalized spacial score (nSPS) is 14.8. The molecule has 1 fully saturated rings. The minimum Gasteiger partial charge on any atom is -0.336 e. The van der Waals surface area contributed by atoms with E-state index in [-0.39, 0.29) is 5.91 Å². The van der Waals surface area contributed by atoms with Gasteiger partial charge in [0.25, 0.3) is 5.91 Å². The summed E-state index contributed by atoms with van der Waals surface area (Å²) < 4.78 is 0. The Morgan fingerprint density at radius 3 is 2.43 bits per heavy atom. The molecule has 1 aliphatic heterocycles. The lowest BCUT2D eigenvalue weighted by Crippen LogP contribution is -2.48. The van der Waals surface area contributed by atoms with Gasteiger partial charge in [-0.1, -0.05) is 55.5 Å². The number of nitrogens with zero attached hydrogens (tertiary/aromatic N) is 3. The van der Waals surface area contributed by atoms with E-state index in [1.165, 1.54) is 10.6 Å². The number of benzene rings is 2. The number of carbonyl (C=O) groups excluding carboxylic acids is 1. The third-order valence-corrected chi connectivity index (χ3v) is 6.76. The third-order valence-electron chi connectivity index (χ3n) is 5.72. The highest BCUT2D eigenvalue weighted by atomic mass is 32.1. The Balaban J connectivity index is 1.35. The summed E-state index contributed by atoms with van der Waals surface area (Å²) in [7, 11) is 0. The summed E-state index contributed by atoms with van der Waals surface area (Å²) in [6.45, 7) is 6.37. The van der Waals surface area contributed by atoms with Crippen LogP contribution < -0.4 is 0 Å². The van der Waals surface area contributed by atoms with Crippen molar-refractivity contribution in [3.05, 3.63) is 87.4 Å². The van der Waals surface area contributed by atoms with E-state index in [0.717, 1.165) is 68.8 Å². The van der Waals surface area contributed by atoms with E-state index in [1.54, 1.807) is 11.3 Å². The van der Waals surface area contributed by atoms with E-state index in [0.29, 0.717) is 0 Å². The predicted octanol–water partition coefficient (Wildman–Crippen LogP) is 4.45. The molecule has 0 radical (unpaired) electrons. The molecule has 1 aliphatic rings. The molecule has 1 amide bonds. The van der Waals surface area contributed by atoms with Crippen LogP contribution in [0.4, 0.5) is 0 Å². The molecule has 2 heterocycles. The van der Waals surface area contributed by atoms with Gasteiger partial charge >= 0.3 is 0 Å². The third kappa shape index (κ3) is 5.15. The molecule has 156 valence electrons. The zero-order chi connectivity index (χ0) is 20.8. The van der Waals surface area contributed by atoms with Gasteiger partial charge in [-0.2, -0.15) is 0 Å². The fourth-order valence-electron chi connectivity index (χ4n) is 3.96. The Hall–Kier alpha value is -2.50. The van der Waals surface area contributed by atoms with E-state index >= 15 is 0 Å². The van der Waals surface area contributed by atoms with Crippen LogP contribution >= 0.6 is 11.3 Å². The Kier molecular flexibility index (Phi) is 6.92. The fraction of sp³-hybridized carbons (Fsp3) is 0.360. The van der Waals surface area contributed by atoms with Gasteiger partial charge in [-0.15, -0.1) is 11.3 Å². The van der Waals surface area contributed by atoms with Crippen LogP contribution in [0.15, 0.2) is 60.0 Å². The Morgan fingerprint density at radius 1 is 0.967 bits per heavy atom. The second-order valence-electron chi connectivity index (χ2n) is 7.80. The molecule has 0 saturated carbocycles. The van der Waals surface area contributed by atoms with Gasteiger partial charge in [0.05, 0.1) is 10.7 Å². The van der Waals surface area contributed by atoms with E-state index in [9.17, 15) is 4.79 Å². The summed E-state index contributed by atoms with van der Waals surface area (Å²) in [4.78, 5) is 22.3. The monoisotopic (exact) mass is 419 g/mol. The quantitative estimate of drug-likeness (QED) is 0.568. The summed E-state index contributed by atoms with van der Waals surface area (Å²) in [6, 6.07) is 18.6. The molecule has 0 bridgehead atoms. The molecule has 4 nitrogen and oxygen atoms in total. The van der Waals surface area contributed by atoms with Crippen molar-refractivity contribution in [2.24, 2.45) is 0 Å². The Labute approximate surface area is 183 Å². The second kappa shape index (κ2) is 10.0. The lowest BCUT2D eigenvalue weighted by molar-refractivity contribution is 0.0626. The maximum atomic E-state index is 13.2. The van der Waals surface area contributed by atoms with Gasteiger partial charge in [-0.25, -0.2) is 4.98 Å². The molecular weight excluding hydrogens is 390 g/mol. The molecule has 5 heteroatoms. The summed E-state index contributed by atoms with van der Waals surface area (Å²) >= 11 is 1.74. The summed E-state index contributed by atoms with van der Waals surface area (Å²) in [5, 5.41) is 3.37. The van der Waals surface area contributed by atoms with Crippen LogP contribution in [0.5, 0.6) is 0 Å². The predicted molar refractivity (Wildman–Crippen MR) is 123 cm³/mol. The minimum atomic E-state index is 0.167. The lowest BCUT2D eigenvalue weighted by Gasteiger charge is -2.34. The molecule has 0 aliphatic carbocycles. The fourth-order valence-corrected chi connectivity index (χ4v) is 4.70. The Bertz CT molecular complexity index is 961. The van der Waals surface area contributed by atoms with Gasteiger partial charge in [0, 0.05) is 43.7 Å². The first kappa shape index (κ1) is 20.8. The number of thiazole rings is 1. The number of hydrogen-bond donors (Lipinski definition) is 0. The van der Waals surface area contributed by atoms with Crippen molar-refractivity contribution in [1.82, 2.24) is 14.8 Å². The summed E-state index contributed by atoms with van der Waals surface area (Å²) in [5.41, 5.74) is 4.46. The van der Waals surface area contributed by atoms with Gasteiger partial charge in [-0.05, 0) is 36.5 Å². The van der Waals surface area contributed by atoms with Crippen LogP contribution in [0.25, 0.3) is 0 Å². The first-order valence-electron chi connectivity index (χ1n) is 10.8. The van der Waals surface area contributed by atoms with Crippen molar-refractivity contribution in [3.8, 4) is 0 Å². The highest BCUT2D eigenvalue weighted by Crippen LogP contribution is 2.18. The van der Waals surface area contributed by atoms with Crippen molar-refractivity contribution in [2.45, 2.75) is 32.7 Å². The molecule has 0 N–H and O–H groups in total. The molecule has 2 aromatic carbocycles. The molecule has 4 rings (SSSR count). The van der Waals surface area contributed by atoms with E-state index in [2.05, 4.69) is 52.5 Å². The standard InChI is InChI=1S/C25H29N3OS/c1-2-24-26-22(19-30-24)18-27-14-16-28(17-15-27)25(29)23-11-7-6-10-21(23)13-12-20-8-4-3-5-9-20/h3-11,19H,2,12-18H2,1H3. The summed E-state index contributed by atoms with van der Waals surface area (Å²) in [5.74, 6) is 0.167. The number of carbonyl (C=O) groups is 1. The van der Waals surface area contributed by atoms with Crippen LogP contribution in [0.3, 0.4) is 0 Å². The maximum Gasteiger partial charge on any atom is 0.254 e.